The van der Waals surface area contributed by atoms with Gasteiger partial charge in [0.15, 0.2) is 0 Å². The third-order valence-corrected chi connectivity index (χ3v) is 5.48. The monoisotopic (exact) mass is 313 g/mol. The summed E-state index contributed by atoms with van der Waals surface area (Å²) in [4.78, 5) is 13.9. The molecular formula is C19H23NOS. The van der Waals surface area contributed by atoms with E-state index in [4.69, 9.17) is 0 Å². The molecule has 2 nitrogen and oxygen atoms in total. The molecule has 1 amide bonds. The summed E-state index contributed by atoms with van der Waals surface area (Å²) in [5.41, 5.74) is 3.56. The van der Waals surface area contributed by atoms with Crippen molar-refractivity contribution in [3.63, 3.8) is 0 Å². The zero-order valence-corrected chi connectivity index (χ0v) is 13.9. The summed E-state index contributed by atoms with van der Waals surface area (Å²) in [6.45, 7) is 2.10. The molecule has 1 N–H and O–H groups in total. The molecule has 1 heterocycles. The summed E-state index contributed by atoms with van der Waals surface area (Å²) in [6.07, 6.45) is 6.68. The molecule has 1 atom stereocenters. The van der Waals surface area contributed by atoms with Crippen LogP contribution in [-0.2, 0) is 19.3 Å². The predicted octanol–water partition coefficient (Wildman–Crippen LogP) is 4.38. The van der Waals surface area contributed by atoms with Gasteiger partial charge in [-0.1, -0.05) is 30.3 Å². The van der Waals surface area contributed by atoms with E-state index in [9.17, 15) is 4.79 Å². The molecule has 0 bridgehead atoms. The average Bonchev–Trinajstić information content (AvgIpc) is 2.98. The second kappa shape index (κ2) is 7.10. The highest BCUT2D eigenvalue weighted by Crippen LogP contribution is 2.30. The lowest BCUT2D eigenvalue weighted by molar-refractivity contribution is 0.0938. The van der Waals surface area contributed by atoms with Crippen LogP contribution in [0.1, 0.15) is 52.5 Å². The number of fused-ring (bicyclic) bond motifs is 1. The number of aryl methyl sites for hydroxylation is 2. The second-order valence-electron chi connectivity index (χ2n) is 6.16. The largest absolute Gasteiger partial charge is 0.350 e. The van der Waals surface area contributed by atoms with Gasteiger partial charge >= 0.3 is 0 Å². The van der Waals surface area contributed by atoms with Crippen molar-refractivity contribution in [1.82, 2.24) is 5.32 Å². The Bertz CT molecular complexity index is 632. The Hall–Kier alpha value is -1.61. The SMILES string of the molecule is C[C@@H](CCc1ccccc1)NC(=O)c1csc2c1CCCC2. The fraction of sp³-hybridized carbons (Fsp3) is 0.421. The highest BCUT2D eigenvalue weighted by Gasteiger charge is 2.20. The van der Waals surface area contributed by atoms with E-state index in [1.807, 2.05) is 6.07 Å². The van der Waals surface area contributed by atoms with Crippen LogP contribution in [0.25, 0.3) is 0 Å². The Kier molecular flexibility index (Phi) is 4.94. The number of rotatable bonds is 5. The van der Waals surface area contributed by atoms with Gasteiger partial charge in [0.1, 0.15) is 0 Å². The molecule has 0 saturated carbocycles. The summed E-state index contributed by atoms with van der Waals surface area (Å²) in [7, 11) is 0. The van der Waals surface area contributed by atoms with Crippen molar-refractivity contribution in [1.29, 1.82) is 0 Å². The van der Waals surface area contributed by atoms with Crippen molar-refractivity contribution in [2.24, 2.45) is 0 Å². The van der Waals surface area contributed by atoms with Crippen LogP contribution in [0.4, 0.5) is 0 Å². The first-order valence-electron chi connectivity index (χ1n) is 8.18. The third kappa shape index (κ3) is 3.58. The molecule has 0 aliphatic heterocycles. The molecule has 0 fully saturated rings. The minimum absolute atomic E-state index is 0.111. The van der Waals surface area contributed by atoms with E-state index in [1.165, 1.54) is 28.8 Å². The zero-order chi connectivity index (χ0) is 15.4. The molecule has 0 radical (unpaired) electrons. The van der Waals surface area contributed by atoms with Crippen LogP contribution in [0, 0.1) is 0 Å². The van der Waals surface area contributed by atoms with E-state index in [2.05, 4.69) is 41.9 Å². The molecule has 1 aromatic heterocycles. The van der Waals surface area contributed by atoms with E-state index < -0.39 is 0 Å². The Balaban J connectivity index is 1.56. The molecule has 1 aliphatic rings. The van der Waals surface area contributed by atoms with Crippen molar-refractivity contribution >= 4 is 17.2 Å². The maximum atomic E-state index is 12.5. The van der Waals surface area contributed by atoms with Crippen LogP contribution in [0.15, 0.2) is 35.7 Å². The minimum Gasteiger partial charge on any atom is -0.350 e. The molecule has 22 heavy (non-hydrogen) atoms. The van der Waals surface area contributed by atoms with Gasteiger partial charge in [0.25, 0.3) is 5.91 Å². The summed E-state index contributed by atoms with van der Waals surface area (Å²) in [5, 5.41) is 5.22. The predicted molar refractivity (Wildman–Crippen MR) is 92.7 cm³/mol. The summed E-state index contributed by atoms with van der Waals surface area (Å²) in [6, 6.07) is 10.7. The molecular weight excluding hydrogens is 290 g/mol. The first kappa shape index (κ1) is 15.3. The summed E-state index contributed by atoms with van der Waals surface area (Å²) >= 11 is 1.76. The van der Waals surface area contributed by atoms with Crippen LogP contribution in [0.2, 0.25) is 0 Å². The fourth-order valence-electron chi connectivity index (χ4n) is 3.09. The van der Waals surface area contributed by atoms with Crippen LogP contribution >= 0.6 is 11.3 Å². The van der Waals surface area contributed by atoms with Crippen molar-refractivity contribution in [3.05, 3.63) is 57.3 Å². The number of amides is 1. The van der Waals surface area contributed by atoms with Crippen LogP contribution in [0.3, 0.4) is 0 Å². The van der Waals surface area contributed by atoms with E-state index in [1.54, 1.807) is 11.3 Å². The normalized spacial score (nSPS) is 15.1. The van der Waals surface area contributed by atoms with Gasteiger partial charge in [-0.05, 0) is 56.6 Å². The Labute approximate surface area is 136 Å². The Morgan fingerprint density at radius 3 is 2.82 bits per heavy atom. The maximum absolute atomic E-state index is 12.5. The first-order chi connectivity index (χ1) is 10.7. The van der Waals surface area contributed by atoms with Gasteiger partial charge in [0.05, 0.1) is 5.56 Å². The van der Waals surface area contributed by atoms with Crippen LogP contribution in [-0.4, -0.2) is 11.9 Å². The van der Waals surface area contributed by atoms with Gasteiger partial charge in [-0.15, -0.1) is 11.3 Å². The van der Waals surface area contributed by atoms with Crippen molar-refractivity contribution in [2.45, 2.75) is 51.5 Å². The van der Waals surface area contributed by atoms with E-state index in [0.29, 0.717) is 0 Å². The minimum atomic E-state index is 0.111. The van der Waals surface area contributed by atoms with Gasteiger partial charge in [0.2, 0.25) is 0 Å². The number of benzene rings is 1. The van der Waals surface area contributed by atoms with E-state index >= 15 is 0 Å². The first-order valence-corrected chi connectivity index (χ1v) is 9.06. The molecule has 1 aromatic carbocycles. The highest BCUT2D eigenvalue weighted by atomic mass is 32.1. The van der Waals surface area contributed by atoms with Gasteiger partial charge in [-0.2, -0.15) is 0 Å². The third-order valence-electron chi connectivity index (χ3n) is 4.39. The second-order valence-corrected chi connectivity index (χ2v) is 7.12. The lowest BCUT2D eigenvalue weighted by Crippen LogP contribution is -2.33. The van der Waals surface area contributed by atoms with Crippen LogP contribution in [0.5, 0.6) is 0 Å². The number of nitrogens with one attached hydrogen (secondary N) is 1. The number of thiophene rings is 1. The number of hydrogen-bond acceptors (Lipinski definition) is 2. The highest BCUT2D eigenvalue weighted by molar-refractivity contribution is 7.10. The molecule has 0 spiro atoms. The van der Waals surface area contributed by atoms with Gasteiger partial charge in [-0.3, -0.25) is 4.79 Å². The van der Waals surface area contributed by atoms with Crippen molar-refractivity contribution in [3.8, 4) is 0 Å². The molecule has 3 rings (SSSR count). The molecule has 0 unspecified atom stereocenters. The topological polar surface area (TPSA) is 29.1 Å². The molecule has 2 aromatic rings. The number of carbonyl (C=O) groups is 1. The van der Waals surface area contributed by atoms with Crippen LogP contribution < -0.4 is 5.32 Å². The molecule has 1 aliphatic carbocycles. The smallest absolute Gasteiger partial charge is 0.252 e. The van der Waals surface area contributed by atoms with Gasteiger partial charge < -0.3 is 5.32 Å². The Morgan fingerprint density at radius 2 is 2.00 bits per heavy atom. The van der Waals surface area contributed by atoms with E-state index in [0.717, 1.165) is 31.2 Å². The lowest BCUT2D eigenvalue weighted by atomic mass is 9.95. The maximum Gasteiger partial charge on any atom is 0.252 e. The molecule has 3 heteroatoms. The van der Waals surface area contributed by atoms with Gasteiger partial charge in [-0.25, -0.2) is 0 Å². The Morgan fingerprint density at radius 1 is 1.23 bits per heavy atom. The standard InChI is InChI=1S/C19H23NOS/c1-14(11-12-15-7-3-2-4-8-15)20-19(21)17-13-22-18-10-6-5-9-16(17)18/h2-4,7-8,13-14H,5-6,9-12H2,1H3,(H,20,21)/t14-/m0/s1. The fourth-order valence-corrected chi connectivity index (χ4v) is 4.21. The quantitative estimate of drug-likeness (QED) is 0.872. The van der Waals surface area contributed by atoms with Gasteiger partial charge in [0, 0.05) is 16.3 Å². The summed E-state index contributed by atoms with van der Waals surface area (Å²) in [5.74, 6) is 0.111. The average molecular weight is 313 g/mol. The lowest BCUT2D eigenvalue weighted by Gasteiger charge is -2.16. The molecule has 116 valence electrons. The van der Waals surface area contributed by atoms with Crippen molar-refractivity contribution in [2.75, 3.05) is 0 Å². The number of carbonyl (C=O) groups excluding carboxylic acids is 1. The number of hydrogen-bond donors (Lipinski definition) is 1. The summed E-state index contributed by atoms with van der Waals surface area (Å²) < 4.78 is 0. The van der Waals surface area contributed by atoms with Crippen molar-refractivity contribution < 1.29 is 4.79 Å². The van der Waals surface area contributed by atoms with E-state index in [-0.39, 0.29) is 11.9 Å². The molecule has 0 saturated heterocycles. The zero-order valence-electron chi connectivity index (χ0n) is 13.1.